The Balaban J connectivity index is 2.66. The van der Waals surface area contributed by atoms with Gasteiger partial charge in [0, 0.05) is 6.07 Å². The van der Waals surface area contributed by atoms with Gasteiger partial charge in [0.05, 0.1) is 13.6 Å². The molecular formula is C10H6BrNO4S2. The van der Waals surface area contributed by atoms with Crippen molar-refractivity contribution < 1.29 is 13.3 Å². The molecule has 0 fully saturated rings. The highest BCUT2D eigenvalue weighted by Gasteiger charge is 2.30. The molecule has 0 spiro atoms. The molecule has 5 nitrogen and oxygen atoms in total. The first kappa shape index (κ1) is 13.2. The molecule has 0 amide bonds. The van der Waals surface area contributed by atoms with Crippen molar-refractivity contribution in [2.75, 3.05) is 0 Å². The second-order valence-electron chi connectivity index (χ2n) is 3.30. The molecule has 1 aromatic heterocycles. The standard InChI is InChI=1S/C10H6BrNO4S2/c11-9-6-8(12(13)14)10(17-9)18(15,16)7-4-2-1-3-5-7/h1-6H. The summed E-state index contributed by atoms with van der Waals surface area (Å²) in [4.78, 5) is 10.2. The molecule has 1 heterocycles. The largest absolute Gasteiger partial charge is 0.300 e. The summed E-state index contributed by atoms with van der Waals surface area (Å²) in [7, 11) is -3.85. The van der Waals surface area contributed by atoms with Crippen molar-refractivity contribution in [2.45, 2.75) is 9.10 Å². The topological polar surface area (TPSA) is 77.3 Å². The summed E-state index contributed by atoms with van der Waals surface area (Å²) in [5.74, 6) is 0. The first-order valence-electron chi connectivity index (χ1n) is 4.67. The highest BCUT2D eigenvalue weighted by molar-refractivity contribution is 9.11. The maximum atomic E-state index is 12.3. The van der Waals surface area contributed by atoms with Crippen LogP contribution in [0.1, 0.15) is 0 Å². The van der Waals surface area contributed by atoms with Crippen molar-refractivity contribution in [3.63, 3.8) is 0 Å². The lowest BCUT2D eigenvalue weighted by atomic mass is 10.4. The Morgan fingerprint density at radius 3 is 2.39 bits per heavy atom. The van der Waals surface area contributed by atoms with E-state index in [2.05, 4.69) is 15.9 Å². The quantitative estimate of drug-likeness (QED) is 0.630. The normalized spacial score (nSPS) is 11.4. The van der Waals surface area contributed by atoms with E-state index in [1.165, 1.54) is 18.2 Å². The van der Waals surface area contributed by atoms with Gasteiger partial charge in [0.1, 0.15) is 0 Å². The SMILES string of the molecule is O=[N+]([O-])c1cc(Br)sc1S(=O)(=O)c1ccccc1. The van der Waals surface area contributed by atoms with Crippen LogP contribution in [0.3, 0.4) is 0 Å². The van der Waals surface area contributed by atoms with E-state index in [9.17, 15) is 18.5 Å². The van der Waals surface area contributed by atoms with E-state index in [4.69, 9.17) is 0 Å². The second-order valence-corrected chi connectivity index (χ2v) is 7.87. The fourth-order valence-electron chi connectivity index (χ4n) is 1.36. The molecule has 1 aromatic carbocycles. The van der Waals surface area contributed by atoms with Crippen molar-refractivity contribution in [2.24, 2.45) is 0 Å². The molecule has 2 rings (SSSR count). The van der Waals surface area contributed by atoms with Gasteiger partial charge in [-0.05, 0) is 28.1 Å². The van der Waals surface area contributed by atoms with Gasteiger partial charge in [-0.25, -0.2) is 8.42 Å². The molecule has 0 unspecified atom stereocenters. The summed E-state index contributed by atoms with van der Waals surface area (Å²) in [5, 5.41) is 10.8. The molecule has 0 N–H and O–H groups in total. The Hall–Kier alpha value is -1.25. The van der Waals surface area contributed by atoms with Gasteiger partial charge in [-0.1, -0.05) is 18.2 Å². The van der Waals surface area contributed by atoms with E-state index in [0.29, 0.717) is 3.79 Å². The summed E-state index contributed by atoms with van der Waals surface area (Å²) in [6.07, 6.45) is 0. The molecule has 8 heteroatoms. The van der Waals surface area contributed by atoms with E-state index in [0.717, 1.165) is 11.3 Å². The summed E-state index contributed by atoms with van der Waals surface area (Å²) in [5.41, 5.74) is -0.407. The molecule has 94 valence electrons. The molecule has 0 aliphatic carbocycles. The summed E-state index contributed by atoms with van der Waals surface area (Å²) in [6.45, 7) is 0. The minimum atomic E-state index is -3.85. The number of thiophene rings is 1. The minimum absolute atomic E-state index is 0.0439. The number of rotatable bonds is 3. The van der Waals surface area contributed by atoms with E-state index < -0.39 is 20.4 Å². The first-order valence-corrected chi connectivity index (χ1v) is 7.76. The van der Waals surface area contributed by atoms with Crippen LogP contribution in [-0.4, -0.2) is 13.3 Å². The predicted octanol–water partition coefficient (Wildman–Crippen LogP) is 3.25. The van der Waals surface area contributed by atoms with Gasteiger partial charge in [-0.15, -0.1) is 11.3 Å². The van der Waals surface area contributed by atoms with Crippen molar-refractivity contribution in [3.8, 4) is 0 Å². The Bertz CT molecular complexity index is 694. The van der Waals surface area contributed by atoms with E-state index in [-0.39, 0.29) is 9.10 Å². The highest BCUT2D eigenvalue weighted by Crippen LogP contribution is 2.39. The van der Waals surface area contributed by atoms with Gasteiger partial charge in [0.15, 0.2) is 0 Å². The summed E-state index contributed by atoms with van der Waals surface area (Å²) >= 11 is 3.90. The molecule has 0 atom stereocenters. The van der Waals surface area contributed by atoms with Crippen LogP contribution in [-0.2, 0) is 9.84 Å². The number of halogens is 1. The lowest BCUT2D eigenvalue weighted by molar-refractivity contribution is -0.387. The number of hydrogen-bond donors (Lipinski definition) is 0. The molecule has 2 aromatic rings. The van der Waals surface area contributed by atoms with E-state index in [1.807, 2.05) is 0 Å². The number of nitro groups is 1. The third kappa shape index (κ3) is 2.31. The number of nitrogens with zero attached hydrogens (tertiary/aromatic N) is 1. The average molecular weight is 348 g/mol. The Morgan fingerprint density at radius 1 is 1.22 bits per heavy atom. The fourth-order valence-corrected chi connectivity index (χ4v) is 5.11. The van der Waals surface area contributed by atoms with Gasteiger partial charge < -0.3 is 0 Å². The fraction of sp³-hybridized carbons (Fsp3) is 0. The van der Waals surface area contributed by atoms with Crippen LogP contribution in [0.25, 0.3) is 0 Å². The lowest BCUT2D eigenvalue weighted by Crippen LogP contribution is -2.02. The molecule has 0 aliphatic rings. The summed E-state index contributed by atoms with van der Waals surface area (Å²) < 4.78 is 24.7. The molecule has 0 saturated carbocycles. The number of sulfone groups is 1. The zero-order valence-electron chi connectivity index (χ0n) is 8.74. The third-order valence-corrected chi connectivity index (χ3v) is 6.06. The van der Waals surface area contributed by atoms with Crippen LogP contribution in [0.5, 0.6) is 0 Å². The van der Waals surface area contributed by atoms with Crippen LogP contribution in [0.4, 0.5) is 5.69 Å². The van der Waals surface area contributed by atoms with Gasteiger partial charge >= 0.3 is 0 Å². The first-order chi connectivity index (χ1) is 8.43. The van der Waals surface area contributed by atoms with Crippen molar-refractivity contribution in [1.82, 2.24) is 0 Å². The van der Waals surface area contributed by atoms with Crippen LogP contribution in [0.15, 0.2) is 49.3 Å². The number of hydrogen-bond acceptors (Lipinski definition) is 5. The lowest BCUT2D eigenvalue weighted by Gasteiger charge is -2.00. The Kier molecular flexibility index (Phi) is 3.51. The zero-order valence-corrected chi connectivity index (χ0v) is 12.0. The van der Waals surface area contributed by atoms with Gasteiger partial charge in [0.2, 0.25) is 14.0 Å². The molecule has 0 saturated heterocycles. The van der Waals surface area contributed by atoms with Crippen LogP contribution >= 0.6 is 27.3 Å². The minimum Gasteiger partial charge on any atom is -0.258 e. The van der Waals surface area contributed by atoms with Crippen LogP contribution in [0, 0.1) is 10.1 Å². The molecular weight excluding hydrogens is 342 g/mol. The van der Waals surface area contributed by atoms with Crippen molar-refractivity contribution >= 4 is 42.8 Å². The Labute approximate surface area is 115 Å². The maximum Gasteiger partial charge on any atom is 0.300 e. The smallest absolute Gasteiger partial charge is 0.258 e. The average Bonchev–Trinajstić information content (AvgIpc) is 2.73. The molecule has 0 bridgehead atoms. The predicted molar refractivity (Wildman–Crippen MR) is 70.6 cm³/mol. The van der Waals surface area contributed by atoms with Gasteiger partial charge in [0.25, 0.3) is 5.69 Å². The van der Waals surface area contributed by atoms with E-state index >= 15 is 0 Å². The molecule has 0 radical (unpaired) electrons. The molecule has 0 aliphatic heterocycles. The third-order valence-electron chi connectivity index (χ3n) is 2.14. The molecule has 18 heavy (non-hydrogen) atoms. The highest BCUT2D eigenvalue weighted by atomic mass is 79.9. The maximum absolute atomic E-state index is 12.3. The van der Waals surface area contributed by atoms with Gasteiger partial charge in [-0.2, -0.15) is 0 Å². The summed E-state index contributed by atoms with van der Waals surface area (Å²) in [6, 6.07) is 8.83. The second kappa shape index (κ2) is 4.79. The zero-order chi connectivity index (χ0) is 13.3. The van der Waals surface area contributed by atoms with E-state index in [1.54, 1.807) is 18.2 Å². The monoisotopic (exact) mass is 347 g/mol. The van der Waals surface area contributed by atoms with Crippen molar-refractivity contribution in [1.29, 1.82) is 0 Å². The Morgan fingerprint density at radius 2 is 1.83 bits per heavy atom. The van der Waals surface area contributed by atoms with Crippen LogP contribution < -0.4 is 0 Å². The van der Waals surface area contributed by atoms with Crippen molar-refractivity contribution in [3.05, 3.63) is 50.3 Å². The number of benzene rings is 1. The van der Waals surface area contributed by atoms with Gasteiger partial charge in [-0.3, -0.25) is 10.1 Å². The van der Waals surface area contributed by atoms with Crippen LogP contribution in [0.2, 0.25) is 0 Å².